The molecule has 5 N–H and O–H groups in total. The fourth-order valence-electron chi connectivity index (χ4n) is 9.47. The summed E-state index contributed by atoms with van der Waals surface area (Å²) >= 11 is 0. The molecule has 0 saturated heterocycles. The molecule has 4 fully saturated rings. The summed E-state index contributed by atoms with van der Waals surface area (Å²) in [6.45, 7) is 6.39. The van der Waals surface area contributed by atoms with Crippen molar-refractivity contribution >= 4 is 10.4 Å². The van der Waals surface area contributed by atoms with E-state index in [0.717, 1.165) is 57.8 Å². The molecule has 0 heterocycles. The molecule has 4 aliphatic carbocycles. The summed E-state index contributed by atoms with van der Waals surface area (Å²) in [6.07, 6.45) is 7.30. The summed E-state index contributed by atoms with van der Waals surface area (Å²) in [4.78, 5) is 0. The van der Waals surface area contributed by atoms with Crippen LogP contribution < -0.4 is 0 Å². The van der Waals surface area contributed by atoms with Crippen molar-refractivity contribution in [1.29, 1.82) is 0 Å². The number of aliphatic hydroxyl groups is 4. The largest absolute Gasteiger partial charge is 0.397 e. The lowest BCUT2D eigenvalue weighted by molar-refractivity contribution is -0.207. The van der Waals surface area contributed by atoms with E-state index >= 15 is 0 Å². The van der Waals surface area contributed by atoms with Crippen molar-refractivity contribution in [3.05, 3.63) is 0 Å². The predicted molar refractivity (Wildman–Crippen MR) is 135 cm³/mol. The van der Waals surface area contributed by atoms with Crippen molar-refractivity contribution in [2.45, 2.75) is 103 Å². The van der Waals surface area contributed by atoms with E-state index in [1.807, 2.05) is 0 Å². The van der Waals surface area contributed by atoms with Crippen LogP contribution in [0.5, 0.6) is 0 Å². The van der Waals surface area contributed by atoms with Gasteiger partial charge in [-0.25, -0.2) is 4.18 Å². The molecule has 0 spiro atoms. The molecule has 0 aromatic rings. The number of hydrogen-bond donors (Lipinski definition) is 5. The molecule has 4 saturated carbocycles. The van der Waals surface area contributed by atoms with Gasteiger partial charge in [0.25, 0.3) is 0 Å². The first kappa shape index (κ1) is 28.7. The Balaban J connectivity index is 1.42. The lowest BCUT2D eigenvalue weighted by Crippen LogP contribution is -2.62. The monoisotopic (exact) mass is 532 g/mol. The Kier molecular flexibility index (Phi) is 8.53. The van der Waals surface area contributed by atoms with Gasteiger partial charge in [-0.05, 0) is 97.7 Å². The Morgan fingerprint density at radius 1 is 1.00 bits per heavy atom. The highest BCUT2D eigenvalue weighted by Crippen LogP contribution is 2.68. The molecule has 0 aromatic heterocycles. The second-order valence-corrected chi connectivity index (χ2v) is 14.3. The topological polar surface area (TPSA) is 145 Å². The molecule has 0 unspecified atom stereocenters. The van der Waals surface area contributed by atoms with E-state index < -0.39 is 16.5 Å². The Labute approximate surface area is 216 Å². The lowest BCUT2D eigenvalue weighted by Gasteiger charge is -2.63. The van der Waals surface area contributed by atoms with E-state index in [4.69, 9.17) is 4.55 Å². The van der Waals surface area contributed by atoms with Gasteiger partial charge in [-0.2, -0.15) is 8.42 Å². The molecule has 8 nitrogen and oxygen atoms in total. The Morgan fingerprint density at radius 2 is 1.72 bits per heavy atom. The van der Waals surface area contributed by atoms with Crippen molar-refractivity contribution < 1.29 is 37.6 Å². The minimum atomic E-state index is -4.51. The van der Waals surface area contributed by atoms with Crippen LogP contribution in [0.3, 0.4) is 0 Å². The summed E-state index contributed by atoms with van der Waals surface area (Å²) in [5, 5.41) is 42.9. The third kappa shape index (κ3) is 5.27. The summed E-state index contributed by atoms with van der Waals surface area (Å²) in [5.41, 5.74) is -0.179. The zero-order chi connectivity index (χ0) is 26.5. The first-order chi connectivity index (χ1) is 16.8. The number of hydrogen-bond acceptors (Lipinski definition) is 7. The molecule has 0 amide bonds. The van der Waals surface area contributed by atoms with E-state index in [1.54, 1.807) is 0 Å². The van der Waals surface area contributed by atoms with Gasteiger partial charge in [0.1, 0.15) is 0 Å². The van der Waals surface area contributed by atoms with Crippen molar-refractivity contribution in [2.75, 3.05) is 13.2 Å². The quantitative estimate of drug-likeness (QED) is 0.285. The fourth-order valence-corrected chi connectivity index (χ4v) is 9.84. The Bertz CT molecular complexity index is 866. The van der Waals surface area contributed by atoms with Gasteiger partial charge in [0, 0.05) is 12.5 Å². The molecule has 12 atom stereocenters. The van der Waals surface area contributed by atoms with Crippen LogP contribution in [0.25, 0.3) is 0 Å². The maximum atomic E-state index is 11.7. The van der Waals surface area contributed by atoms with Crippen molar-refractivity contribution in [2.24, 2.45) is 52.3 Å². The minimum Gasteiger partial charge on any atom is -0.396 e. The average molecular weight is 533 g/mol. The van der Waals surface area contributed by atoms with Gasteiger partial charge >= 0.3 is 10.4 Å². The zero-order valence-corrected chi connectivity index (χ0v) is 22.9. The number of aliphatic hydroxyl groups excluding tert-OH is 4. The average Bonchev–Trinajstić information content (AvgIpc) is 3.16. The van der Waals surface area contributed by atoms with Crippen LogP contribution in [0.2, 0.25) is 0 Å². The molecule has 4 aliphatic rings. The van der Waals surface area contributed by atoms with Crippen LogP contribution in [0.15, 0.2) is 0 Å². The van der Waals surface area contributed by atoms with Gasteiger partial charge < -0.3 is 20.4 Å². The zero-order valence-electron chi connectivity index (χ0n) is 22.1. The van der Waals surface area contributed by atoms with Crippen LogP contribution in [-0.2, 0) is 14.6 Å². The van der Waals surface area contributed by atoms with Crippen LogP contribution >= 0.6 is 0 Å². The van der Waals surface area contributed by atoms with Crippen LogP contribution in [-0.4, -0.2) is 64.9 Å². The van der Waals surface area contributed by atoms with Gasteiger partial charge in [0.15, 0.2) is 0 Å². The summed E-state index contributed by atoms with van der Waals surface area (Å²) in [5.74, 6) is 1.42. The van der Waals surface area contributed by atoms with Gasteiger partial charge in [0.05, 0.1) is 24.9 Å². The van der Waals surface area contributed by atoms with Crippen LogP contribution in [0, 0.1) is 52.3 Å². The summed E-state index contributed by atoms with van der Waals surface area (Å²) in [7, 11) is -4.51. The molecule has 0 aromatic carbocycles. The minimum absolute atomic E-state index is 0.0680. The van der Waals surface area contributed by atoms with E-state index in [-0.39, 0.29) is 59.9 Å². The van der Waals surface area contributed by atoms with Crippen molar-refractivity contribution in [3.8, 4) is 0 Å². The van der Waals surface area contributed by atoms with E-state index in [0.29, 0.717) is 24.2 Å². The molecule has 210 valence electrons. The lowest BCUT2D eigenvalue weighted by atomic mass is 9.43. The Morgan fingerprint density at radius 3 is 2.39 bits per heavy atom. The highest BCUT2D eigenvalue weighted by Gasteiger charge is 2.65. The molecular weight excluding hydrogens is 484 g/mol. The molecule has 0 bridgehead atoms. The SMILES string of the molecule is C[C@H](CCC[C@@H](CO)COS(=O)(=O)O)[C@H]1CC[C@H]2[C@@H]3[C@H](O)C[C@@H]4C[C@H](O)CC[C@]4(C)[C@H]3C[C@H](O)[C@]12C. The predicted octanol–water partition coefficient (Wildman–Crippen LogP) is 3.18. The fraction of sp³-hybridized carbons (Fsp3) is 1.00. The van der Waals surface area contributed by atoms with Crippen molar-refractivity contribution in [3.63, 3.8) is 0 Å². The highest BCUT2D eigenvalue weighted by atomic mass is 32.3. The summed E-state index contributed by atoms with van der Waals surface area (Å²) < 4.78 is 34.9. The second kappa shape index (κ2) is 10.7. The molecular formula is C27H48O8S. The van der Waals surface area contributed by atoms with Gasteiger partial charge in [-0.1, -0.05) is 33.6 Å². The van der Waals surface area contributed by atoms with E-state index in [2.05, 4.69) is 25.0 Å². The maximum Gasteiger partial charge on any atom is 0.397 e. The maximum absolute atomic E-state index is 11.7. The third-order valence-corrected chi connectivity index (χ3v) is 11.9. The molecule has 36 heavy (non-hydrogen) atoms. The molecule has 0 aliphatic heterocycles. The smallest absolute Gasteiger partial charge is 0.396 e. The first-order valence-electron chi connectivity index (χ1n) is 14.1. The van der Waals surface area contributed by atoms with E-state index in [9.17, 15) is 28.8 Å². The van der Waals surface area contributed by atoms with Crippen LogP contribution in [0.1, 0.15) is 85.0 Å². The number of rotatable bonds is 9. The number of fused-ring (bicyclic) bond motifs is 5. The van der Waals surface area contributed by atoms with Gasteiger partial charge in [-0.3, -0.25) is 4.55 Å². The second-order valence-electron chi connectivity index (χ2n) is 13.2. The van der Waals surface area contributed by atoms with Crippen LogP contribution in [0.4, 0.5) is 0 Å². The van der Waals surface area contributed by atoms with E-state index in [1.165, 1.54) is 0 Å². The molecule has 0 radical (unpaired) electrons. The van der Waals surface area contributed by atoms with Gasteiger partial charge in [-0.15, -0.1) is 0 Å². The highest BCUT2D eigenvalue weighted by molar-refractivity contribution is 7.80. The standard InChI is InChI=1S/C27H48O8S/c1-16(5-4-6-17(14-28)15-35-36(32,33)34)20-7-8-21-25-22(13-24(31)27(20,21)3)26(2)10-9-19(29)11-18(26)12-23(25)30/h16-25,28-31H,4-15H2,1-3H3,(H,32,33,34)/t16-,17+,18+,19-,20-,21+,22+,23-,24+,25+,26+,27-/m1/s1. The first-order valence-corrected chi connectivity index (χ1v) is 15.4. The summed E-state index contributed by atoms with van der Waals surface area (Å²) in [6, 6.07) is 0. The molecule has 4 rings (SSSR count). The Hall–Kier alpha value is -0.290. The normalized spacial score (nSPS) is 46.4. The van der Waals surface area contributed by atoms with Crippen molar-refractivity contribution in [1.82, 2.24) is 0 Å². The molecule has 9 heteroatoms. The third-order valence-electron chi connectivity index (χ3n) is 11.5. The van der Waals surface area contributed by atoms with Gasteiger partial charge in [0.2, 0.25) is 0 Å².